The number of benzene rings is 2. The molecule has 0 aliphatic heterocycles. The third-order valence-electron chi connectivity index (χ3n) is 3.23. The van der Waals surface area contributed by atoms with Crippen LogP contribution in [0.1, 0.15) is 31.4 Å². The van der Waals surface area contributed by atoms with E-state index in [4.69, 9.17) is 22.1 Å². The van der Waals surface area contributed by atoms with Gasteiger partial charge < -0.3 is 9.84 Å². The summed E-state index contributed by atoms with van der Waals surface area (Å²) in [5.41, 5.74) is 1.69. The summed E-state index contributed by atoms with van der Waals surface area (Å²) in [5, 5.41) is 9.31. The molecule has 2 aromatic rings. The van der Waals surface area contributed by atoms with Gasteiger partial charge in [-0.05, 0) is 30.4 Å². The van der Waals surface area contributed by atoms with Crippen LogP contribution in [-0.4, -0.2) is 21.8 Å². The van der Waals surface area contributed by atoms with E-state index in [0.717, 1.165) is 12.0 Å². The molecule has 0 amide bonds. The molecule has 0 aromatic heterocycles. The second kappa shape index (κ2) is 10.9. The Hall–Kier alpha value is -1.78. The van der Waals surface area contributed by atoms with Gasteiger partial charge in [0.25, 0.3) is 0 Å². The minimum atomic E-state index is -0.0457. The highest BCUT2D eigenvalue weighted by Gasteiger charge is 2.04. The standard InChI is InChI=1S/C12H16OS.C7H6OS/c1-3-10(2)9-13-12(14)11-7-5-4-6-8-11;8-7(9)6-4-2-1-3-5-6/h4-8,10H,3,9H2,1-2H3;1-5H,(H,8,9). The minimum Gasteiger partial charge on any atom is -0.499 e. The summed E-state index contributed by atoms with van der Waals surface area (Å²) in [6, 6.07) is 18.9. The lowest BCUT2D eigenvalue weighted by molar-refractivity contribution is 0.252. The van der Waals surface area contributed by atoms with E-state index in [1.165, 1.54) is 0 Å². The largest absolute Gasteiger partial charge is 0.499 e. The van der Waals surface area contributed by atoms with E-state index in [1.807, 2.05) is 48.5 Å². The number of hydrogen-bond acceptors (Lipinski definition) is 3. The number of ether oxygens (including phenoxy) is 1. The van der Waals surface area contributed by atoms with Crippen LogP contribution >= 0.6 is 24.4 Å². The molecule has 0 saturated heterocycles. The molecule has 0 aliphatic rings. The van der Waals surface area contributed by atoms with Crippen molar-refractivity contribution in [3.05, 3.63) is 71.8 Å². The van der Waals surface area contributed by atoms with Gasteiger partial charge in [-0.25, -0.2) is 0 Å². The summed E-state index contributed by atoms with van der Waals surface area (Å²) < 4.78 is 5.51. The number of thiocarbonyl (C=S) groups is 2. The van der Waals surface area contributed by atoms with Crippen molar-refractivity contribution in [1.29, 1.82) is 0 Å². The van der Waals surface area contributed by atoms with Crippen molar-refractivity contribution in [2.75, 3.05) is 6.61 Å². The molecule has 0 spiro atoms. The van der Waals surface area contributed by atoms with Gasteiger partial charge in [0, 0.05) is 11.1 Å². The van der Waals surface area contributed by atoms with E-state index in [0.29, 0.717) is 23.1 Å². The molecule has 2 nitrogen and oxygen atoms in total. The van der Waals surface area contributed by atoms with Crippen molar-refractivity contribution in [2.45, 2.75) is 20.3 Å². The smallest absolute Gasteiger partial charge is 0.191 e. The van der Waals surface area contributed by atoms with Crippen LogP contribution in [0.2, 0.25) is 0 Å². The van der Waals surface area contributed by atoms with E-state index < -0.39 is 0 Å². The van der Waals surface area contributed by atoms with Crippen molar-refractivity contribution in [3.8, 4) is 0 Å². The molecule has 1 N–H and O–H groups in total. The number of aliphatic hydroxyl groups is 1. The fourth-order valence-electron chi connectivity index (χ4n) is 1.57. The average Bonchev–Trinajstić information content (AvgIpc) is 2.61. The van der Waals surface area contributed by atoms with Crippen molar-refractivity contribution in [1.82, 2.24) is 0 Å². The molecule has 122 valence electrons. The Kier molecular flexibility index (Phi) is 9.10. The van der Waals surface area contributed by atoms with Crippen LogP contribution in [0.5, 0.6) is 0 Å². The third-order valence-corrected chi connectivity index (χ3v) is 3.82. The zero-order chi connectivity index (χ0) is 17.1. The third kappa shape index (κ3) is 7.86. The second-order valence-electron chi connectivity index (χ2n) is 5.15. The van der Waals surface area contributed by atoms with E-state index in [2.05, 4.69) is 26.1 Å². The Labute approximate surface area is 149 Å². The normalized spacial score (nSPS) is 10.9. The van der Waals surface area contributed by atoms with Crippen LogP contribution in [0.3, 0.4) is 0 Å². The SMILES string of the molecule is CCC(C)COC(=S)c1ccccc1.OC(=S)c1ccccc1. The Morgan fingerprint density at radius 1 is 0.957 bits per heavy atom. The first-order valence-corrected chi connectivity index (χ1v) is 8.36. The summed E-state index contributed by atoms with van der Waals surface area (Å²) in [6.07, 6.45) is 1.12. The van der Waals surface area contributed by atoms with Crippen LogP contribution in [-0.2, 0) is 4.74 Å². The second-order valence-corrected chi connectivity index (χ2v) is 5.91. The van der Waals surface area contributed by atoms with Gasteiger partial charge in [-0.15, -0.1) is 0 Å². The Morgan fingerprint density at radius 2 is 1.43 bits per heavy atom. The Balaban J connectivity index is 0.000000253. The van der Waals surface area contributed by atoms with E-state index in [9.17, 15) is 0 Å². The monoisotopic (exact) mass is 346 g/mol. The van der Waals surface area contributed by atoms with Crippen molar-refractivity contribution >= 4 is 34.5 Å². The summed E-state index contributed by atoms with van der Waals surface area (Å²) in [5.74, 6) is 0.566. The molecular weight excluding hydrogens is 324 g/mol. The highest BCUT2D eigenvalue weighted by molar-refractivity contribution is 7.80. The average molecular weight is 347 g/mol. The Morgan fingerprint density at radius 3 is 1.83 bits per heavy atom. The molecule has 4 heteroatoms. The molecule has 0 aliphatic carbocycles. The van der Waals surface area contributed by atoms with Crippen molar-refractivity contribution in [2.24, 2.45) is 5.92 Å². The molecular formula is C19H22O2S2. The number of rotatable bonds is 5. The molecule has 0 fully saturated rings. The van der Waals surface area contributed by atoms with Gasteiger partial charge in [-0.3, -0.25) is 0 Å². The lowest BCUT2D eigenvalue weighted by Gasteiger charge is -2.11. The van der Waals surface area contributed by atoms with Gasteiger partial charge in [0.05, 0.1) is 6.61 Å². The van der Waals surface area contributed by atoms with E-state index >= 15 is 0 Å². The number of aliphatic hydroxyl groups excluding tert-OH is 1. The maximum Gasteiger partial charge on any atom is 0.191 e. The van der Waals surface area contributed by atoms with Crippen LogP contribution in [0, 0.1) is 5.92 Å². The molecule has 1 atom stereocenters. The lowest BCUT2D eigenvalue weighted by atomic mass is 10.1. The zero-order valence-corrected chi connectivity index (χ0v) is 15.1. The molecule has 2 aromatic carbocycles. The van der Waals surface area contributed by atoms with Gasteiger partial charge >= 0.3 is 0 Å². The summed E-state index contributed by atoms with van der Waals surface area (Å²) in [7, 11) is 0. The summed E-state index contributed by atoms with van der Waals surface area (Å²) in [4.78, 5) is 0. The predicted octanol–water partition coefficient (Wildman–Crippen LogP) is 5.34. The van der Waals surface area contributed by atoms with E-state index in [-0.39, 0.29) is 5.05 Å². The lowest BCUT2D eigenvalue weighted by Crippen LogP contribution is -2.10. The predicted molar refractivity (Wildman–Crippen MR) is 104 cm³/mol. The maximum atomic E-state index is 8.76. The quantitative estimate of drug-likeness (QED) is 0.740. The van der Waals surface area contributed by atoms with Gasteiger partial charge in [0.2, 0.25) is 0 Å². The van der Waals surface area contributed by atoms with Crippen molar-refractivity contribution in [3.63, 3.8) is 0 Å². The van der Waals surface area contributed by atoms with Crippen LogP contribution in [0.25, 0.3) is 0 Å². The van der Waals surface area contributed by atoms with E-state index in [1.54, 1.807) is 12.1 Å². The molecule has 0 bridgehead atoms. The molecule has 0 saturated carbocycles. The van der Waals surface area contributed by atoms with Crippen molar-refractivity contribution < 1.29 is 9.84 Å². The van der Waals surface area contributed by atoms with Crippen LogP contribution in [0.4, 0.5) is 0 Å². The van der Waals surface area contributed by atoms with Crippen LogP contribution in [0.15, 0.2) is 60.7 Å². The molecule has 23 heavy (non-hydrogen) atoms. The molecule has 2 rings (SSSR count). The van der Waals surface area contributed by atoms with Crippen LogP contribution < -0.4 is 0 Å². The first kappa shape index (κ1) is 19.3. The summed E-state index contributed by atoms with van der Waals surface area (Å²) >= 11 is 9.68. The maximum absolute atomic E-state index is 8.76. The number of hydrogen-bond donors (Lipinski definition) is 1. The highest BCUT2D eigenvalue weighted by atomic mass is 32.1. The van der Waals surface area contributed by atoms with Gasteiger partial charge in [-0.1, -0.05) is 80.9 Å². The fraction of sp³-hybridized carbons (Fsp3) is 0.263. The topological polar surface area (TPSA) is 29.5 Å². The van der Waals surface area contributed by atoms with Gasteiger partial charge in [-0.2, -0.15) is 0 Å². The first-order valence-electron chi connectivity index (χ1n) is 7.55. The van der Waals surface area contributed by atoms with Gasteiger partial charge in [0.15, 0.2) is 10.1 Å². The molecule has 0 radical (unpaired) electrons. The highest BCUT2D eigenvalue weighted by Crippen LogP contribution is 2.06. The Bertz CT molecular complexity index is 597. The first-order chi connectivity index (χ1) is 11.0. The fourth-order valence-corrected chi connectivity index (χ4v) is 1.91. The van der Waals surface area contributed by atoms with Gasteiger partial charge in [0.1, 0.15) is 0 Å². The zero-order valence-electron chi connectivity index (χ0n) is 13.4. The molecule has 0 heterocycles. The molecule has 1 unspecified atom stereocenters. The minimum absolute atomic E-state index is 0.0457. The summed E-state index contributed by atoms with van der Waals surface area (Å²) in [6.45, 7) is 5.03.